The number of hydrogen-bond acceptors (Lipinski definition) is 10. The lowest BCUT2D eigenvalue weighted by Gasteiger charge is -2.21. The SMILES string of the molecule is C=CC(=O)OCCN(COC)C(=O)OCCCOC(=O)N(CCOC(=O)C=C)COC. The van der Waals surface area contributed by atoms with Crippen LogP contribution >= 0.6 is 0 Å². The van der Waals surface area contributed by atoms with E-state index in [9.17, 15) is 19.2 Å². The zero-order valence-corrected chi connectivity index (χ0v) is 17.9. The first-order valence-electron chi connectivity index (χ1n) is 9.29. The number of carbonyl (C=O) groups excluding carboxylic acids is 4. The molecule has 0 radical (unpaired) electrons. The molecule has 0 saturated carbocycles. The first-order valence-corrected chi connectivity index (χ1v) is 9.29. The Kier molecular flexibility index (Phi) is 15.9. The fraction of sp³-hybridized carbons (Fsp3) is 0.579. The number of nitrogens with zero attached hydrogens (tertiary/aromatic N) is 2. The summed E-state index contributed by atoms with van der Waals surface area (Å²) < 4.78 is 29.6. The van der Waals surface area contributed by atoms with Crippen LogP contribution in [-0.2, 0) is 38.0 Å². The van der Waals surface area contributed by atoms with E-state index in [1.54, 1.807) is 0 Å². The van der Waals surface area contributed by atoms with Crippen LogP contribution in [-0.4, -0.2) is 101 Å². The number of carbonyl (C=O) groups is 4. The van der Waals surface area contributed by atoms with E-state index in [-0.39, 0.29) is 59.4 Å². The Morgan fingerprint density at radius 1 is 0.677 bits per heavy atom. The average Bonchev–Trinajstić information content (AvgIpc) is 2.76. The Balaban J connectivity index is 4.22. The van der Waals surface area contributed by atoms with Crippen molar-refractivity contribution in [1.82, 2.24) is 9.80 Å². The van der Waals surface area contributed by atoms with Gasteiger partial charge in [0.2, 0.25) is 0 Å². The fourth-order valence-electron chi connectivity index (χ4n) is 1.92. The highest BCUT2D eigenvalue weighted by molar-refractivity contribution is 5.81. The van der Waals surface area contributed by atoms with Crippen LogP contribution in [0.15, 0.2) is 25.3 Å². The Bertz CT molecular complexity index is 546. The Morgan fingerprint density at radius 2 is 1.06 bits per heavy atom. The first kappa shape index (κ1) is 27.9. The van der Waals surface area contributed by atoms with E-state index < -0.39 is 24.1 Å². The maximum atomic E-state index is 12.0. The predicted molar refractivity (Wildman–Crippen MR) is 107 cm³/mol. The molecule has 0 bridgehead atoms. The lowest BCUT2D eigenvalue weighted by atomic mass is 10.5. The van der Waals surface area contributed by atoms with Gasteiger partial charge in [0, 0.05) is 32.8 Å². The normalized spacial score (nSPS) is 9.87. The summed E-state index contributed by atoms with van der Waals surface area (Å²) in [5.41, 5.74) is 0. The lowest BCUT2D eigenvalue weighted by Crippen LogP contribution is -2.37. The van der Waals surface area contributed by atoms with E-state index >= 15 is 0 Å². The smallest absolute Gasteiger partial charge is 0.411 e. The van der Waals surface area contributed by atoms with Crippen LogP contribution in [0.5, 0.6) is 0 Å². The molecule has 0 aliphatic rings. The number of ether oxygens (including phenoxy) is 6. The Hall–Kier alpha value is -3.12. The second-order valence-corrected chi connectivity index (χ2v) is 5.69. The molecule has 0 atom stereocenters. The van der Waals surface area contributed by atoms with Gasteiger partial charge < -0.3 is 28.4 Å². The van der Waals surface area contributed by atoms with Gasteiger partial charge in [-0.3, -0.25) is 9.80 Å². The summed E-state index contributed by atoms with van der Waals surface area (Å²) in [7, 11) is 2.80. The average molecular weight is 446 g/mol. The van der Waals surface area contributed by atoms with E-state index in [4.69, 9.17) is 28.4 Å². The molecule has 0 aromatic rings. The van der Waals surface area contributed by atoms with E-state index in [1.807, 2.05) is 0 Å². The lowest BCUT2D eigenvalue weighted by molar-refractivity contribution is -0.139. The summed E-state index contributed by atoms with van der Waals surface area (Å²) in [6.07, 6.45) is 0.931. The van der Waals surface area contributed by atoms with Crippen molar-refractivity contribution in [3.8, 4) is 0 Å². The van der Waals surface area contributed by atoms with Gasteiger partial charge in [-0.2, -0.15) is 0 Å². The van der Waals surface area contributed by atoms with Gasteiger partial charge in [-0.1, -0.05) is 13.2 Å². The van der Waals surface area contributed by atoms with Crippen molar-refractivity contribution in [3.05, 3.63) is 25.3 Å². The van der Waals surface area contributed by atoms with E-state index in [0.29, 0.717) is 0 Å². The van der Waals surface area contributed by atoms with Gasteiger partial charge in [-0.05, 0) is 0 Å². The molecule has 0 unspecified atom stereocenters. The minimum Gasteiger partial charge on any atom is -0.461 e. The highest BCUT2D eigenvalue weighted by Crippen LogP contribution is 2.00. The van der Waals surface area contributed by atoms with Crippen molar-refractivity contribution < 1.29 is 47.6 Å². The molecule has 0 rings (SSSR count). The maximum Gasteiger partial charge on any atom is 0.411 e. The monoisotopic (exact) mass is 446 g/mol. The Labute approximate surface area is 181 Å². The van der Waals surface area contributed by atoms with Crippen LogP contribution < -0.4 is 0 Å². The molecule has 12 heteroatoms. The molecule has 0 N–H and O–H groups in total. The van der Waals surface area contributed by atoms with Crippen molar-refractivity contribution in [2.75, 3.05) is 67.2 Å². The molecule has 0 aromatic heterocycles. The van der Waals surface area contributed by atoms with Gasteiger partial charge in [0.15, 0.2) is 0 Å². The second kappa shape index (κ2) is 17.7. The second-order valence-electron chi connectivity index (χ2n) is 5.69. The molecule has 31 heavy (non-hydrogen) atoms. The topological polar surface area (TPSA) is 130 Å². The minimum atomic E-state index is -0.673. The van der Waals surface area contributed by atoms with Gasteiger partial charge in [0.25, 0.3) is 0 Å². The van der Waals surface area contributed by atoms with E-state index in [2.05, 4.69) is 13.2 Å². The highest BCUT2D eigenvalue weighted by atomic mass is 16.6. The van der Waals surface area contributed by atoms with Gasteiger partial charge in [-0.15, -0.1) is 0 Å². The number of esters is 2. The molecule has 0 fully saturated rings. The molecular formula is C19H30N2O10. The van der Waals surface area contributed by atoms with Gasteiger partial charge >= 0.3 is 24.1 Å². The quantitative estimate of drug-likeness (QED) is 0.111. The molecule has 0 spiro atoms. The van der Waals surface area contributed by atoms with Crippen LogP contribution in [0.2, 0.25) is 0 Å². The third kappa shape index (κ3) is 13.7. The van der Waals surface area contributed by atoms with E-state index in [1.165, 1.54) is 24.0 Å². The predicted octanol–water partition coefficient (Wildman–Crippen LogP) is 0.920. The molecule has 0 heterocycles. The zero-order chi connectivity index (χ0) is 23.5. The standard InChI is InChI=1S/C19H30N2O10/c1-5-16(22)28-12-8-20(14-26-3)18(24)30-10-7-11-31-19(25)21(15-27-4)9-13-29-17(23)6-2/h5-6H,1-2,7-15H2,3-4H3. The third-order valence-corrected chi connectivity index (χ3v) is 3.37. The Morgan fingerprint density at radius 3 is 1.39 bits per heavy atom. The molecule has 12 nitrogen and oxygen atoms in total. The summed E-state index contributed by atoms with van der Waals surface area (Å²) >= 11 is 0. The van der Waals surface area contributed by atoms with Crippen molar-refractivity contribution in [1.29, 1.82) is 0 Å². The van der Waals surface area contributed by atoms with Crippen molar-refractivity contribution in [3.63, 3.8) is 0 Å². The molecular weight excluding hydrogens is 416 g/mol. The summed E-state index contributed by atoms with van der Waals surface area (Å²) in [6, 6.07) is 0. The maximum absolute atomic E-state index is 12.0. The van der Waals surface area contributed by atoms with Crippen molar-refractivity contribution in [2.24, 2.45) is 0 Å². The molecule has 176 valence electrons. The van der Waals surface area contributed by atoms with Crippen molar-refractivity contribution in [2.45, 2.75) is 6.42 Å². The van der Waals surface area contributed by atoms with Crippen LogP contribution in [0, 0.1) is 0 Å². The van der Waals surface area contributed by atoms with Gasteiger partial charge in [0.05, 0.1) is 26.3 Å². The van der Waals surface area contributed by atoms with Gasteiger partial charge in [0.1, 0.15) is 26.7 Å². The van der Waals surface area contributed by atoms with Crippen LogP contribution in [0.1, 0.15) is 6.42 Å². The summed E-state index contributed by atoms with van der Waals surface area (Å²) in [6.45, 7) is 6.47. The summed E-state index contributed by atoms with van der Waals surface area (Å²) in [5, 5.41) is 0. The minimum absolute atomic E-state index is 0.0139. The van der Waals surface area contributed by atoms with Crippen LogP contribution in [0.25, 0.3) is 0 Å². The first-order chi connectivity index (χ1) is 14.9. The van der Waals surface area contributed by atoms with Gasteiger partial charge in [-0.25, -0.2) is 19.2 Å². The summed E-state index contributed by atoms with van der Waals surface area (Å²) in [5.74, 6) is -1.21. The number of amides is 2. The van der Waals surface area contributed by atoms with E-state index in [0.717, 1.165) is 12.2 Å². The largest absolute Gasteiger partial charge is 0.461 e. The molecule has 0 aromatic carbocycles. The fourth-order valence-corrected chi connectivity index (χ4v) is 1.92. The third-order valence-electron chi connectivity index (χ3n) is 3.37. The molecule has 0 aliphatic heterocycles. The number of hydrogen-bond donors (Lipinski definition) is 0. The molecule has 2 amide bonds. The number of methoxy groups -OCH3 is 2. The summed E-state index contributed by atoms with van der Waals surface area (Å²) in [4.78, 5) is 48.6. The van der Waals surface area contributed by atoms with Crippen molar-refractivity contribution >= 4 is 24.1 Å². The molecule has 0 aliphatic carbocycles. The zero-order valence-electron chi connectivity index (χ0n) is 17.9. The van der Waals surface area contributed by atoms with Crippen LogP contribution in [0.4, 0.5) is 9.59 Å². The van der Waals surface area contributed by atoms with Crippen LogP contribution in [0.3, 0.4) is 0 Å². The highest BCUT2D eigenvalue weighted by Gasteiger charge is 2.17. The molecule has 0 saturated heterocycles. The number of rotatable bonds is 16.